The normalized spacial score (nSPS) is 13.7. The lowest BCUT2D eigenvalue weighted by Crippen LogP contribution is -2.28. The van der Waals surface area contributed by atoms with Gasteiger partial charge < -0.3 is 0 Å². The zero-order valence-corrected chi connectivity index (χ0v) is 9.48. The van der Waals surface area contributed by atoms with Crippen molar-refractivity contribution in [1.29, 1.82) is 0 Å². The van der Waals surface area contributed by atoms with E-state index in [0.717, 1.165) is 5.01 Å². The minimum absolute atomic E-state index is 0.151. The topological polar surface area (TPSA) is 15.6 Å². The third kappa shape index (κ3) is 3.53. The smallest absolute Gasteiger partial charge is 0.261 e. The van der Waals surface area contributed by atoms with Crippen molar-refractivity contribution in [2.24, 2.45) is 5.10 Å². The van der Waals surface area contributed by atoms with Crippen molar-refractivity contribution in [3.8, 4) is 0 Å². The van der Waals surface area contributed by atoms with E-state index in [9.17, 15) is 13.2 Å². The second-order valence-corrected chi connectivity index (χ2v) is 3.86. The van der Waals surface area contributed by atoms with Crippen molar-refractivity contribution >= 4 is 29.3 Å². The van der Waals surface area contributed by atoms with E-state index < -0.39 is 11.9 Å². The summed E-state index contributed by atoms with van der Waals surface area (Å²) in [6.07, 6.45) is -4.37. The highest BCUT2D eigenvalue weighted by Crippen LogP contribution is 2.33. The second kappa shape index (κ2) is 4.83. The largest absolute Gasteiger partial charge is 0.433 e. The Morgan fingerprint density at radius 2 is 2.00 bits per heavy atom. The fourth-order valence-corrected chi connectivity index (χ4v) is 1.43. The highest BCUT2D eigenvalue weighted by molar-refractivity contribution is 14.1. The molecule has 0 fully saturated rings. The SMILES string of the molecule is C=NN(CC)/C(=C(\C)I)C(F)(F)F. The molecule has 0 radical (unpaired) electrons. The molecule has 0 aliphatic carbocycles. The Morgan fingerprint density at radius 3 is 2.08 bits per heavy atom. The summed E-state index contributed by atoms with van der Waals surface area (Å²) in [5.41, 5.74) is -0.745. The molecular formula is C7H10F3IN2. The standard InChI is InChI=1S/C7H10F3IN2/c1-4-13(12-3)6(5(2)11)7(8,9)10/h3-4H2,1-2H3/b6-5+. The third-order valence-electron chi connectivity index (χ3n) is 1.32. The molecule has 0 aliphatic rings. The van der Waals surface area contributed by atoms with E-state index >= 15 is 0 Å². The van der Waals surface area contributed by atoms with Crippen LogP contribution in [-0.4, -0.2) is 24.4 Å². The van der Waals surface area contributed by atoms with Gasteiger partial charge in [-0.15, -0.1) is 0 Å². The van der Waals surface area contributed by atoms with E-state index in [2.05, 4.69) is 11.8 Å². The third-order valence-corrected chi connectivity index (χ3v) is 1.83. The Morgan fingerprint density at radius 1 is 1.54 bits per heavy atom. The van der Waals surface area contributed by atoms with Crippen molar-refractivity contribution in [2.45, 2.75) is 20.0 Å². The summed E-state index contributed by atoms with van der Waals surface area (Å²) in [6, 6.07) is 0. The van der Waals surface area contributed by atoms with Crippen LogP contribution in [0, 0.1) is 0 Å². The summed E-state index contributed by atoms with van der Waals surface area (Å²) in [5, 5.41) is 4.13. The number of hydrogen-bond acceptors (Lipinski definition) is 2. The van der Waals surface area contributed by atoms with E-state index in [1.165, 1.54) is 6.92 Å². The van der Waals surface area contributed by atoms with Crippen LogP contribution in [0.3, 0.4) is 0 Å². The lowest BCUT2D eigenvalue weighted by molar-refractivity contribution is -0.111. The van der Waals surface area contributed by atoms with E-state index in [1.54, 1.807) is 29.5 Å². The Balaban J connectivity index is 5.06. The maximum Gasteiger partial charge on any atom is 0.433 e. The second-order valence-electron chi connectivity index (χ2n) is 2.24. The molecule has 0 saturated heterocycles. The first-order valence-electron chi connectivity index (χ1n) is 3.52. The van der Waals surface area contributed by atoms with Gasteiger partial charge in [-0.25, -0.2) is 0 Å². The van der Waals surface area contributed by atoms with Gasteiger partial charge in [0, 0.05) is 16.8 Å². The van der Waals surface area contributed by atoms with Crippen LogP contribution in [0.4, 0.5) is 13.2 Å². The molecular weight excluding hydrogens is 296 g/mol. The summed E-state index contributed by atoms with van der Waals surface area (Å²) in [4.78, 5) is 0. The van der Waals surface area contributed by atoms with Crippen LogP contribution in [0.5, 0.6) is 0 Å². The van der Waals surface area contributed by atoms with Gasteiger partial charge in [0.1, 0.15) is 5.70 Å². The zero-order chi connectivity index (χ0) is 10.6. The van der Waals surface area contributed by atoms with Crippen LogP contribution in [-0.2, 0) is 0 Å². The van der Waals surface area contributed by atoms with Gasteiger partial charge in [0.15, 0.2) is 0 Å². The van der Waals surface area contributed by atoms with Crippen LogP contribution in [0.1, 0.15) is 13.8 Å². The summed E-state index contributed by atoms with van der Waals surface area (Å²) >= 11 is 1.62. The summed E-state index contributed by atoms with van der Waals surface area (Å²) in [5.74, 6) is 0. The van der Waals surface area contributed by atoms with E-state index in [1.807, 2.05) is 0 Å². The molecule has 0 amide bonds. The first-order valence-corrected chi connectivity index (χ1v) is 4.60. The van der Waals surface area contributed by atoms with Crippen molar-refractivity contribution in [2.75, 3.05) is 6.54 Å². The highest BCUT2D eigenvalue weighted by Gasteiger charge is 2.38. The molecule has 0 bridgehead atoms. The zero-order valence-electron chi connectivity index (χ0n) is 7.32. The monoisotopic (exact) mass is 306 g/mol. The molecule has 0 spiro atoms. The maximum absolute atomic E-state index is 12.4. The summed E-state index contributed by atoms with van der Waals surface area (Å²) in [7, 11) is 0. The number of rotatable bonds is 3. The first kappa shape index (κ1) is 12.7. The van der Waals surface area contributed by atoms with Crippen molar-refractivity contribution in [1.82, 2.24) is 5.01 Å². The fraction of sp³-hybridized carbons (Fsp3) is 0.571. The molecule has 6 heteroatoms. The Kier molecular flexibility index (Phi) is 4.72. The fourth-order valence-electron chi connectivity index (χ4n) is 0.848. The number of allylic oxidation sites excluding steroid dienone is 2. The number of hydrazone groups is 1. The molecule has 0 aromatic carbocycles. The maximum atomic E-state index is 12.4. The predicted octanol–water partition coefficient (Wildman–Crippen LogP) is 3.15. The average molecular weight is 306 g/mol. The van der Waals surface area contributed by atoms with Gasteiger partial charge in [-0.1, -0.05) is 0 Å². The highest BCUT2D eigenvalue weighted by atomic mass is 127. The van der Waals surface area contributed by atoms with Gasteiger partial charge in [0.05, 0.1) is 0 Å². The van der Waals surface area contributed by atoms with Crippen molar-refractivity contribution in [3.05, 3.63) is 9.28 Å². The number of halogens is 4. The average Bonchev–Trinajstić information content (AvgIpc) is 1.96. The van der Waals surface area contributed by atoms with Gasteiger partial charge in [0.25, 0.3) is 0 Å². The molecule has 0 rings (SSSR count). The molecule has 0 saturated carbocycles. The summed E-state index contributed by atoms with van der Waals surface area (Å²) in [6.45, 7) is 6.21. The van der Waals surface area contributed by atoms with Crippen molar-refractivity contribution < 1.29 is 13.2 Å². The molecule has 13 heavy (non-hydrogen) atoms. The van der Waals surface area contributed by atoms with Gasteiger partial charge in [-0.2, -0.15) is 18.3 Å². The van der Waals surface area contributed by atoms with Crippen LogP contribution < -0.4 is 0 Å². The number of hydrogen-bond donors (Lipinski definition) is 0. The van der Waals surface area contributed by atoms with Crippen molar-refractivity contribution in [3.63, 3.8) is 0 Å². The molecule has 0 aliphatic heterocycles. The summed E-state index contributed by atoms with van der Waals surface area (Å²) < 4.78 is 37.4. The Hall–Kier alpha value is -0.270. The molecule has 0 aromatic rings. The lowest BCUT2D eigenvalue weighted by Gasteiger charge is -2.22. The first-order chi connectivity index (χ1) is 5.84. The molecule has 0 atom stereocenters. The van der Waals surface area contributed by atoms with Gasteiger partial charge in [-0.05, 0) is 36.4 Å². The quantitative estimate of drug-likeness (QED) is 0.444. The predicted molar refractivity (Wildman–Crippen MR) is 54.7 cm³/mol. The Labute approximate surface area is 88.6 Å². The molecule has 0 heterocycles. The minimum Gasteiger partial charge on any atom is -0.261 e. The van der Waals surface area contributed by atoms with E-state index in [0.29, 0.717) is 0 Å². The van der Waals surface area contributed by atoms with Crippen LogP contribution in [0.15, 0.2) is 14.4 Å². The molecule has 0 unspecified atom stereocenters. The van der Waals surface area contributed by atoms with Gasteiger partial charge in [-0.3, -0.25) is 5.01 Å². The molecule has 2 nitrogen and oxygen atoms in total. The van der Waals surface area contributed by atoms with Crippen LogP contribution in [0.25, 0.3) is 0 Å². The Bertz CT molecular complexity index is 218. The minimum atomic E-state index is -4.37. The molecule has 0 aromatic heterocycles. The molecule has 76 valence electrons. The van der Waals surface area contributed by atoms with Gasteiger partial charge in [0.2, 0.25) is 0 Å². The number of nitrogens with zero attached hydrogens (tertiary/aromatic N) is 2. The van der Waals surface area contributed by atoms with E-state index in [-0.39, 0.29) is 10.1 Å². The lowest BCUT2D eigenvalue weighted by atomic mass is 10.4. The van der Waals surface area contributed by atoms with Crippen LogP contribution >= 0.6 is 22.6 Å². The van der Waals surface area contributed by atoms with Gasteiger partial charge >= 0.3 is 6.18 Å². The van der Waals surface area contributed by atoms with Crippen LogP contribution in [0.2, 0.25) is 0 Å². The van der Waals surface area contributed by atoms with E-state index in [4.69, 9.17) is 0 Å². The number of alkyl halides is 3. The molecule has 0 N–H and O–H groups in total.